The third-order valence-corrected chi connectivity index (χ3v) is 4.31. The van der Waals surface area contributed by atoms with E-state index in [0.717, 1.165) is 41.1 Å². The molecule has 20 heavy (non-hydrogen) atoms. The summed E-state index contributed by atoms with van der Waals surface area (Å²) < 4.78 is 4.35. The zero-order chi connectivity index (χ0) is 13.4. The van der Waals surface area contributed by atoms with Crippen LogP contribution in [0.2, 0.25) is 0 Å². The summed E-state index contributed by atoms with van der Waals surface area (Å²) in [6.45, 7) is 1.81. The number of fused-ring (bicyclic) bond motifs is 1. The van der Waals surface area contributed by atoms with Crippen LogP contribution < -0.4 is 0 Å². The van der Waals surface area contributed by atoms with E-state index < -0.39 is 0 Å². The number of nitrogens with zero attached hydrogens (tertiary/aromatic N) is 5. The first-order chi connectivity index (χ1) is 9.90. The van der Waals surface area contributed by atoms with Crippen molar-refractivity contribution in [2.24, 2.45) is 0 Å². The summed E-state index contributed by atoms with van der Waals surface area (Å²) in [7, 11) is 0. The van der Waals surface area contributed by atoms with Crippen molar-refractivity contribution in [1.82, 2.24) is 24.1 Å². The molecule has 5 nitrogen and oxygen atoms in total. The number of hydrogen-bond donors (Lipinski definition) is 0. The topological polar surface area (TPSA) is 48.5 Å². The summed E-state index contributed by atoms with van der Waals surface area (Å²) in [4.78, 5) is 13.2. The van der Waals surface area contributed by atoms with Gasteiger partial charge in [-0.2, -0.15) is 0 Å². The molecule has 0 N–H and O–H groups in total. The Hall–Kier alpha value is -2.08. The predicted molar refractivity (Wildman–Crippen MR) is 77.5 cm³/mol. The maximum atomic E-state index is 4.67. The van der Waals surface area contributed by atoms with Crippen molar-refractivity contribution in [3.63, 3.8) is 0 Å². The fourth-order valence-corrected chi connectivity index (χ4v) is 3.37. The molecule has 0 saturated heterocycles. The van der Waals surface area contributed by atoms with E-state index >= 15 is 0 Å². The van der Waals surface area contributed by atoms with Gasteiger partial charge in [-0.05, 0) is 12.1 Å². The average Bonchev–Trinajstić information content (AvgIpc) is 3.15. The van der Waals surface area contributed by atoms with Gasteiger partial charge in [-0.3, -0.25) is 4.98 Å². The highest BCUT2D eigenvalue weighted by Gasteiger charge is 2.15. The second kappa shape index (κ2) is 4.79. The number of hydrogen-bond acceptors (Lipinski definition) is 4. The van der Waals surface area contributed by atoms with E-state index in [0.29, 0.717) is 0 Å². The van der Waals surface area contributed by atoms with Crippen molar-refractivity contribution in [2.75, 3.05) is 5.75 Å². The smallest absolute Gasteiger partial charge is 0.168 e. The van der Waals surface area contributed by atoms with Crippen molar-refractivity contribution in [3.05, 3.63) is 48.8 Å². The van der Waals surface area contributed by atoms with Crippen LogP contribution in [0, 0.1) is 0 Å². The maximum absolute atomic E-state index is 4.67. The molecule has 0 saturated carbocycles. The SMILES string of the molecule is c1cc(-c2nccn2Cc2cn3c(n2)SCC3)ccn1. The van der Waals surface area contributed by atoms with Gasteiger partial charge in [0.05, 0.1) is 12.2 Å². The summed E-state index contributed by atoms with van der Waals surface area (Å²) >= 11 is 1.82. The number of pyridine rings is 1. The number of rotatable bonds is 3. The molecule has 1 aliphatic rings. The van der Waals surface area contributed by atoms with Gasteiger partial charge in [-0.1, -0.05) is 11.8 Å². The lowest BCUT2D eigenvalue weighted by Gasteiger charge is -2.05. The molecule has 0 aliphatic carbocycles. The number of thioether (sulfide) groups is 1. The molecule has 100 valence electrons. The highest BCUT2D eigenvalue weighted by atomic mass is 32.2. The summed E-state index contributed by atoms with van der Waals surface area (Å²) in [5.74, 6) is 2.09. The molecule has 4 rings (SSSR count). The second-order valence-electron chi connectivity index (χ2n) is 4.67. The molecule has 0 radical (unpaired) electrons. The van der Waals surface area contributed by atoms with Crippen LogP contribution in [0.15, 0.2) is 48.3 Å². The van der Waals surface area contributed by atoms with E-state index in [2.05, 4.69) is 30.3 Å². The summed E-state index contributed by atoms with van der Waals surface area (Å²) in [6, 6.07) is 3.95. The Morgan fingerprint density at radius 2 is 2.10 bits per heavy atom. The first-order valence-electron chi connectivity index (χ1n) is 6.50. The van der Waals surface area contributed by atoms with Gasteiger partial charge in [0.1, 0.15) is 5.82 Å². The van der Waals surface area contributed by atoms with Gasteiger partial charge in [0.15, 0.2) is 5.16 Å². The van der Waals surface area contributed by atoms with Crippen molar-refractivity contribution in [2.45, 2.75) is 18.2 Å². The number of aromatic nitrogens is 5. The monoisotopic (exact) mass is 283 g/mol. The Bertz CT molecular complexity index is 710. The Kier molecular flexibility index (Phi) is 2.81. The molecular weight excluding hydrogens is 270 g/mol. The number of imidazole rings is 2. The zero-order valence-electron chi connectivity index (χ0n) is 10.8. The fourth-order valence-electron chi connectivity index (χ4n) is 2.41. The standard InChI is InChI=1S/C14H13N5S/c1-3-15-4-2-11(1)13-16-5-6-18(13)9-12-10-19-7-8-20-14(19)17-12/h1-6,10H,7-9H2. The van der Waals surface area contributed by atoms with Crippen molar-refractivity contribution < 1.29 is 0 Å². The molecule has 3 aromatic heterocycles. The van der Waals surface area contributed by atoms with Gasteiger partial charge in [0.2, 0.25) is 0 Å². The Morgan fingerprint density at radius 1 is 1.20 bits per heavy atom. The zero-order valence-corrected chi connectivity index (χ0v) is 11.6. The van der Waals surface area contributed by atoms with Crippen LogP contribution in [-0.4, -0.2) is 29.8 Å². The highest BCUT2D eigenvalue weighted by Crippen LogP contribution is 2.25. The summed E-state index contributed by atoms with van der Waals surface area (Å²) in [6.07, 6.45) is 9.54. The fraction of sp³-hybridized carbons (Fsp3) is 0.214. The van der Waals surface area contributed by atoms with Gasteiger partial charge < -0.3 is 9.13 Å². The Balaban J connectivity index is 1.65. The van der Waals surface area contributed by atoms with Crippen LogP contribution in [-0.2, 0) is 13.1 Å². The molecule has 1 aliphatic heterocycles. The molecule has 0 atom stereocenters. The minimum absolute atomic E-state index is 0.748. The molecule has 0 amide bonds. The van der Waals surface area contributed by atoms with Crippen LogP contribution in [0.5, 0.6) is 0 Å². The first kappa shape index (κ1) is 11.7. The summed E-state index contributed by atoms with van der Waals surface area (Å²) in [5, 5.41) is 1.13. The minimum atomic E-state index is 0.748. The van der Waals surface area contributed by atoms with Crippen LogP contribution in [0.1, 0.15) is 5.69 Å². The van der Waals surface area contributed by atoms with Crippen LogP contribution >= 0.6 is 11.8 Å². The number of aryl methyl sites for hydroxylation is 1. The van der Waals surface area contributed by atoms with Gasteiger partial charge >= 0.3 is 0 Å². The normalized spacial score (nSPS) is 13.6. The molecule has 0 spiro atoms. The van der Waals surface area contributed by atoms with Gasteiger partial charge in [0, 0.05) is 48.8 Å². The van der Waals surface area contributed by atoms with E-state index in [-0.39, 0.29) is 0 Å². The van der Waals surface area contributed by atoms with Gasteiger partial charge in [-0.25, -0.2) is 9.97 Å². The summed E-state index contributed by atoms with van der Waals surface area (Å²) in [5.41, 5.74) is 2.16. The maximum Gasteiger partial charge on any atom is 0.168 e. The lowest BCUT2D eigenvalue weighted by atomic mass is 10.2. The largest absolute Gasteiger partial charge is 0.325 e. The van der Waals surface area contributed by atoms with E-state index in [4.69, 9.17) is 0 Å². The molecule has 0 unspecified atom stereocenters. The van der Waals surface area contributed by atoms with Crippen molar-refractivity contribution in [3.8, 4) is 11.4 Å². The Morgan fingerprint density at radius 3 is 2.95 bits per heavy atom. The van der Waals surface area contributed by atoms with E-state index in [1.807, 2.05) is 36.3 Å². The molecule has 0 bridgehead atoms. The van der Waals surface area contributed by atoms with Crippen LogP contribution in [0.25, 0.3) is 11.4 Å². The van der Waals surface area contributed by atoms with E-state index in [1.54, 1.807) is 12.4 Å². The van der Waals surface area contributed by atoms with Gasteiger partial charge in [-0.15, -0.1) is 0 Å². The minimum Gasteiger partial charge on any atom is -0.325 e. The van der Waals surface area contributed by atoms with Crippen LogP contribution in [0.4, 0.5) is 0 Å². The van der Waals surface area contributed by atoms with E-state index in [9.17, 15) is 0 Å². The molecule has 0 fully saturated rings. The van der Waals surface area contributed by atoms with Crippen LogP contribution in [0.3, 0.4) is 0 Å². The second-order valence-corrected chi connectivity index (χ2v) is 5.73. The third-order valence-electron chi connectivity index (χ3n) is 3.34. The lowest BCUT2D eigenvalue weighted by molar-refractivity contribution is 0.719. The molecule has 3 aromatic rings. The molecule has 4 heterocycles. The lowest BCUT2D eigenvalue weighted by Crippen LogP contribution is -2.02. The average molecular weight is 283 g/mol. The van der Waals surface area contributed by atoms with Crippen molar-refractivity contribution in [1.29, 1.82) is 0 Å². The molecule has 6 heteroatoms. The molecule has 0 aromatic carbocycles. The molecular formula is C14H13N5S. The quantitative estimate of drug-likeness (QED) is 0.740. The van der Waals surface area contributed by atoms with Crippen molar-refractivity contribution >= 4 is 11.8 Å². The van der Waals surface area contributed by atoms with E-state index in [1.165, 1.54) is 0 Å². The predicted octanol–water partition coefficient (Wildman–Crippen LogP) is 2.30. The highest BCUT2D eigenvalue weighted by molar-refractivity contribution is 7.99. The third kappa shape index (κ3) is 2.02. The Labute approximate surface area is 120 Å². The first-order valence-corrected chi connectivity index (χ1v) is 7.49. The van der Waals surface area contributed by atoms with Gasteiger partial charge in [0.25, 0.3) is 0 Å².